The van der Waals surface area contributed by atoms with Crippen molar-refractivity contribution in [2.45, 2.75) is 92.8 Å². The lowest BCUT2D eigenvalue weighted by molar-refractivity contribution is -0.157. The lowest BCUT2D eigenvalue weighted by Crippen LogP contribution is -2.41. The molecular formula is C44H60N4O7. The molecule has 0 aliphatic rings. The summed E-state index contributed by atoms with van der Waals surface area (Å²) in [4.78, 5) is 74.5. The van der Waals surface area contributed by atoms with Gasteiger partial charge in [-0.2, -0.15) is 0 Å². The first-order valence-electron chi connectivity index (χ1n) is 19.0. The Labute approximate surface area is 327 Å². The minimum atomic E-state index is -0.885. The van der Waals surface area contributed by atoms with E-state index in [1.54, 1.807) is 20.8 Å². The van der Waals surface area contributed by atoms with Gasteiger partial charge in [0.25, 0.3) is 0 Å². The van der Waals surface area contributed by atoms with Gasteiger partial charge in [-0.1, -0.05) is 92.7 Å². The largest absolute Gasteiger partial charge is 0.460 e. The van der Waals surface area contributed by atoms with Crippen LogP contribution < -0.4 is 16.0 Å². The van der Waals surface area contributed by atoms with Crippen LogP contribution in [-0.4, -0.2) is 72.4 Å². The van der Waals surface area contributed by atoms with Crippen molar-refractivity contribution in [2.75, 3.05) is 26.2 Å². The molecule has 3 N–H and O–H groups in total. The average molecular weight is 757 g/mol. The normalized spacial score (nSPS) is 12.0. The number of nitrogens with zero attached hydrogens (tertiary/aromatic N) is 1. The fourth-order valence-electron chi connectivity index (χ4n) is 5.84. The molecule has 0 spiro atoms. The quantitative estimate of drug-likeness (QED) is 0.0964. The zero-order chi connectivity index (χ0) is 40.8. The second-order valence-corrected chi connectivity index (χ2v) is 14.6. The predicted molar refractivity (Wildman–Crippen MR) is 216 cm³/mol. The van der Waals surface area contributed by atoms with Gasteiger partial charge in [0, 0.05) is 45.4 Å². The van der Waals surface area contributed by atoms with Gasteiger partial charge in [-0.15, -0.1) is 0 Å². The number of rotatable bonds is 20. The van der Waals surface area contributed by atoms with Crippen molar-refractivity contribution in [2.24, 2.45) is 11.8 Å². The Bertz CT molecular complexity index is 1670. The third-order valence-corrected chi connectivity index (χ3v) is 8.46. The van der Waals surface area contributed by atoms with Crippen LogP contribution in [0.25, 0.3) is 11.1 Å². The highest BCUT2D eigenvalue weighted by Crippen LogP contribution is 2.23. The number of ketones is 1. The molecular weight excluding hydrogens is 697 g/mol. The van der Waals surface area contributed by atoms with E-state index in [-0.39, 0.29) is 49.4 Å². The Morgan fingerprint density at radius 2 is 1.38 bits per heavy atom. The summed E-state index contributed by atoms with van der Waals surface area (Å²) in [5.41, 5.74) is 4.19. The summed E-state index contributed by atoms with van der Waals surface area (Å²) >= 11 is 0. The number of benzene rings is 3. The topological polar surface area (TPSA) is 151 Å². The molecule has 0 fully saturated rings. The number of esters is 1. The molecule has 0 heterocycles. The number of nitrogens with one attached hydrogen (secondary N) is 3. The van der Waals surface area contributed by atoms with E-state index in [2.05, 4.69) is 28.1 Å². The highest BCUT2D eigenvalue weighted by Gasteiger charge is 2.29. The molecule has 3 aromatic carbocycles. The summed E-state index contributed by atoms with van der Waals surface area (Å²) in [6.07, 6.45) is 1.86. The number of Topliss-reactive ketones (excluding diaryl/α,β-unsaturated/α-hetero) is 1. The van der Waals surface area contributed by atoms with Gasteiger partial charge in [-0.05, 0) is 74.9 Å². The van der Waals surface area contributed by atoms with Crippen LogP contribution in [0.5, 0.6) is 0 Å². The number of ether oxygens (including phenoxy) is 1. The molecule has 11 nitrogen and oxygen atoms in total. The monoisotopic (exact) mass is 756 g/mol. The lowest BCUT2D eigenvalue weighted by Gasteiger charge is -2.22. The molecule has 0 aliphatic heterocycles. The van der Waals surface area contributed by atoms with Gasteiger partial charge in [0.1, 0.15) is 17.7 Å². The molecule has 0 unspecified atom stereocenters. The second kappa shape index (κ2) is 24.3. The van der Waals surface area contributed by atoms with Gasteiger partial charge in [-0.3, -0.25) is 28.9 Å². The fraction of sp³-hybridized carbons (Fsp3) is 0.455. The second-order valence-electron chi connectivity index (χ2n) is 14.6. The smallest absolute Gasteiger partial charge is 0.307 e. The molecule has 0 saturated heterocycles. The molecule has 0 aliphatic carbocycles. The first-order chi connectivity index (χ1) is 26.1. The zero-order valence-corrected chi connectivity index (χ0v) is 33.6. The van der Waals surface area contributed by atoms with E-state index >= 15 is 0 Å². The van der Waals surface area contributed by atoms with Gasteiger partial charge in [0.2, 0.25) is 17.7 Å². The van der Waals surface area contributed by atoms with E-state index in [0.29, 0.717) is 26.1 Å². The minimum absolute atomic E-state index is 0.0831. The number of hydrogen-bond donors (Lipinski definition) is 3. The van der Waals surface area contributed by atoms with Gasteiger partial charge in [0.05, 0.1) is 18.9 Å². The SMILES string of the molecule is CC=O.CCCN(CCNC(C)=O)CC(=O)NCc1cccc(CNC(=O)[C@H](CC(=O)OC(C)(C)C)CC(=O)[C@@H](C)Cc2ccc(-c3ccccc3)cc2)c1. The molecule has 11 heteroatoms. The van der Waals surface area contributed by atoms with Crippen LogP contribution in [0.1, 0.15) is 84.4 Å². The number of hydrogen-bond acceptors (Lipinski definition) is 8. The average Bonchev–Trinajstić information content (AvgIpc) is 3.13. The molecule has 3 aromatic rings. The molecule has 0 aromatic heterocycles. The lowest BCUT2D eigenvalue weighted by atomic mass is 9.88. The van der Waals surface area contributed by atoms with Crippen LogP contribution in [0.3, 0.4) is 0 Å². The highest BCUT2D eigenvalue weighted by molar-refractivity contribution is 5.90. The van der Waals surface area contributed by atoms with E-state index in [1.807, 2.05) is 85.5 Å². The highest BCUT2D eigenvalue weighted by atomic mass is 16.6. The summed E-state index contributed by atoms with van der Waals surface area (Å²) in [5, 5.41) is 8.64. The Morgan fingerprint density at radius 1 is 0.782 bits per heavy atom. The van der Waals surface area contributed by atoms with Crippen LogP contribution in [-0.2, 0) is 53.0 Å². The first-order valence-corrected chi connectivity index (χ1v) is 19.0. The van der Waals surface area contributed by atoms with Crippen molar-refractivity contribution >= 4 is 35.8 Å². The summed E-state index contributed by atoms with van der Waals surface area (Å²) in [5.74, 6) is -2.48. The molecule has 298 valence electrons. The maximum Gasteiger partial charge on any atom is 0.307 e. The van der Waals surface area contributed by atoms with Gasteiger partial charge in [0.15, 0.2) is 0 Å². The number of carbonyl (C=O) groups is 6. The molecule has 0 radical (unpaired) electrons. The van der Waals surface area contributed by atoms with E-state index in [1.165, 1.54) is 13.8 Å². The van der Waals surface area contributed by atoms with Crippen LogP contribution in [0, 0.1) is 11.8 Å². The van der Waals surface area contributed by atoms with Crippen LogP contribution >= 0.6 is 0 Å². The van der Waals surface area contributed by atoms with Gasteiger partial charge >= 0.3 is 5.97 Å². The van der Waals surface area contributed by atoms with Crippen molar-refractivity contribution in [1.29, 1.82) is 0 Å². The Kier molecular flexibility index (Phi) is 20.3. The third kappa shape index (κ3) is 19.1. The standard InChI is InChI=1S/C42H56N4O6.C2H4O/c1-7-21-46(22-20-43-31(3)47)29-39(49)44-27-33-12-11-13-34(24-33)28-45-41(51)37(26-40(50)52-42(4,5)6)25-38(48)30(2)23-32-16-18-36(19-17-32)35-14-9-8-10-15-35;1-2-3/h8-19,24,30,37H,7,20-23,25-29H2,1-6H3,(H,43,47)(H,44,49)(H,45,51);2H,1H3/t30-,37-;/m0./s1. The number of carbonyl (C=O) groups excluding carboxylic acids is 6. The fourth-order valence-corrected chi connectivity index (χ4v) is 5.84. The van der Waals surface area contributed by atoms with E-state index in [9.17, 15) is 24.0 Å². The molecule has 3 amide bonds. The molecule has 0 bridgehead atoms. The summed E-state index contributed by atoms with van der Waals surface area (Å²) < 4.78 is 5.51. The number of amides is 3. The summed E-state index contributed by atoms with van der Waals surface area (Å²) in [6, 6.07) is 25.7. The first kappa shape index (κ1) is 46.0. The van der Waals surface area contributed by atoms with Crippen molar-refractivity contribution in [3.05, 3.63) is 95.6 Å². The van der Waals surface area contributed by atoms with E-state index in [0.717, 1.165) is 47.1 Å². The van der Waals surface area contributed by atoms with Crippen molar-refractivity contribution in [3.8, 4) is 11.1 Å². The summed E-state index contributed by atoms with van der Waals surface area (Å²) in [7, 11) is 0. The molecule has 55 heavy (non-hydrogen) atoms. The Hall–Kier alpha value is -5.16. The zero-order valence-electron chi connectivity index (χ0n) is 33.6. The van der Waals surface area contributed by atoms with Crippen molar-refractivity contribution < 1.29 is 33.5 Å². The summed E-state index contributed by atoms with van der Waals surface area (Å²) in [6.45, 7) is 14.6. The molecule has 3 rings (SSSR count). The maximum atomic E-state index is 13.5. The molecule has 0 saturated carbocycles. The predicted octanol–water partition coefficient (Wildman–Crippen LogP) is 5.83. The van der Waals surface area contributed by atoms with Gasteiger partial charge in [-0.25, -0.2) is 0 Å². The van der Waals surface area contributed by atoms with Crippen molar-refractivity contribution in [3.63, 3.8) is 0 Å². The molecule has 2 atom stereocenters. The van der Waals surface area contributed by atoms with Crippen molar-refractivity contribution in [1.82, 2.24) is 20.9 Å². The van der Waals surface area contributed by atoms with Crippen LogP contribution in [0.15, 0.2) is 78.9 Å². The van der Waals surface area contributed by atoms with E-state index < -0.39 is 23.4 Å². The van der Waals surface area contributed by atoms with E-state index in [4.69, 9.17) is 9.53 Å². The Balaban J connectivity index is 0.00000337. The Morgan fingerprint density at radius 3 is 1.96 bits per heavy atom. The van der Waals surface area contributed by atoms with Crippen LogP contribution in [0.2, 0.25) is 0 Å². The minimum Gasteiger partial charge on any atom is -0.460 e. The maximum absolute atomic E-state index is 13.5. The number of aldehydes is 1. The van der Waals surface area contributed by atoms with Gasteiger partial charge < -0.3 is 25.5 Å². The van der Waals surface area contributed by atoms with Crippen LogP contribution in [0.4, 0.5) is 0 Å². The third-order valence-electron chi connectivity index (χ3n) is 8.46.